The van der Waals surface area contributed by atoms with Gasteiger partial charge in [0, 0.05) is 6.42 Å². The summed E-state index contributed by atoms with van der Waals surface area (Å²) in [6.45, 7) is 4.26. The number of unbranched alkanes of at least 4 members (excludes halogenated alkanes) is 33. The molecule has 0 rings (SSSR count). The van der Waals surface area contributed by atoms with Gasteiger partial charge in [-0.1, -0.05) is 280 Å². The molecule has 0 radical (unpaired) electrons. The first-order valence-electron chi connectivity index (χ1n) is 27.5. The van der Waals surface area contributed by atoms with Crippen molar-refractivity contribution in [3.63, 3.8) is 0 Å². The number of hydrogen-bond acceptors (Lipinski definition) is 3. The average Bonchev–Trinajstić information content (AvgIpc) is 3.28. The minimum atomic E-state index is -0.669. The third-order valence-electron chi connectivity index (χ3n) is 12.5. The summed E-state index contributed by atoms with van der Waals surface area (Å²) in [7, 11) is 0. The molecule has 4 nitrogen and oxygen atoms in total. The number of carbonyl (C=O) groups is 1. The van der Waals surface area contributed by atoms with Gasteiger partial charge in [0.05, 0.1) is 18.8 Å². The molecule has 0 heterocycles. The standard InChI is InChI=1S/C58H107NO3/c1-3-5-7-9-11-13-15-17-19-21-23-25-27-28-29-30-32-33-35-37-39-41-43-45-47-49-51-53-57(61)56(55-60)59-58(62)54-52-50-48-46-44-42-40-38-36-34-31-26-24-22-20-18-16-14-12-10-8-6-4-2/h6,8,12,14,18,20,24,26,34,36,56-57,60-61H,3-5,7,9-11,13,15-17,19,21-23,25,27-33,35,37-55H2,1-2H3,(H,59,62)/b8-6-,14-12-,20-18-,26-24-,36-34-. The van der Waals surface area contributed by atoms with Crippen LogP contribution in [0.15, 0.2) is 60.8 Å². The Morgan fingerprint density at radius 1 is 0.403 bits per heavy atom. The fourth-order valence-electron chi connectivity index (χ4n) is 8.39. The lowest BCUT2D eigenvalue weighted by Crippen LogP contribution is -2.45. The topological polar surface area (TPSA) is 69.6 Å². The lowest BCUT2D eigenvalue weighted by molar-refractivity contribution is -0.123. The first-order chi connectivity index (χ1) is 30.7. The third kappa shape index (κ3) is 49.1. The summed E-state index contributed by atoms with van der Waals surface area (Å²) in [4.78, 5) is 12.5. The van der Waals surface area contributed by atoms with Gasteiger partial charge in [-0.3, -0.25) is 4.79 Å². The van der Waals surface area contributed by atoms with Crippen molar-refractivity contribution in [2.24, 2.45) is 0 Å². The van der Waals surface area contributed by atoms with Crippen LogP contribution in [-0.2, 0) is 4.79 Å². The highest BCUT2D eigenvalue weighted by Crippen LogP contribution is 2.17. The first-order valence-corrected chi connectivity index (χ1v) is 27.5. The number of aliphatic hydroxyl groups excluding tert-OH is 2. The van der Waals surface area contributed by atoms with Gasteiger partial charge in [-0.2, -0.15) is 0 Å². The van der Waals surface area contributed by atoms with Crippen LogP contribution in [0.25, 0.3) is 0 Å². The monoisotopic (exact) mass is 866 g/mol. The van der Waals surface area contributed by atoms with E-state index in [1.54, 1.807) is 0 Å². The molecule has 0 aromatic rings. The summed E-state index contributed by atoms with van der Waals surface area (Å²) < 4.78 is 0. The van der Waals surface area contributed by atoms with Gasteiger partial charge < -0.3 is 15.5 Å². The van der Waals surface area contributed by atoms with E-state index < -0.39 is 12.1 Å². The highest BCUT2D eigenvalue weighted by molar-refractivity contribution is 5.76. The molecule has 2 atom stereocenters. The molecule has 0 aromatic carbocycles. The van der Waals surface area contributed by atoms with Crippen molar-refractivity contribution in [1.82, 2.24) is 5.32 Å². The van der Waals surface area contributed by atoms with Gasteiger partial charge in [-0.25, -0.2) is 0 Å². The number of nitrogens with one attached hydrogen (secondary N) is 1. The van der Waals surface area contributed by atoms with Crippen LogP contribution in [0.2, 0.25) is 0 Å². The molecule has 0 saturated heterocycles. The van der Waals surface area contributed by atoms with Crippen LogP contribution in [0.3, 0.4) is 0 Å². The van der Waals surface area contributed by atoms with Gasteiger partial charge in [-0.05, 0) is 57.8 Å². The Hall–Kier alpha value is -1.91. The molecular weight excluding hydrogens is 759 g/mol. The molecule has 62 heavy (non-hydrogen) atoms. The van der Waals surface area contributed by atoms with E-state index in [1.807, 2.05) is 0 Å². The smallest absolute Gasteiger partial charge is 0.220 e. The molecule has 362 valence electrons. The molecule has 0 bridgehead atoms. The summed E-state index contributed by atoms with van der Waals surface area (Å²) >= 11 is 0. The average molecular weight is 866 g/mol. The highest BCUT2D eigenvalue weighted by atomic mass is 16.3. The van der Waals surface area contributed by atoms with E-state index in [9.17, 15) is 15.0 Å². The van der Waals surface area contributed by atoms with Gasteiger partial charge in [0.15, 0.2) is 0 Å². The van der Waals surface area contributed by atoms with E-state index in [1.165, 1.54) is 193 Å². The zero-order chi connectivity index (χ0) is 44.9. The molecule has 0 aromatic heterocycles. The quantitative estimate of drug-likeness (QED) is 0.0421. The van der Waals surface area contributed by atoms with Crippen molar-refractivity contribution >= 4 is 5.91 Å². The second kappa shape index (κ2) is 53.4. The minimum absolute atomic E-state index is 0.0413. The Labute approximate surface area is 387 Å². The molecule has 0 aliphatic rings. The zero-order valence-corrected chi connectivity index (χ0v) is 41.6. The van der Waals surface area contributed by atoms with Gasteiger partial charge in [0.25, 0.3) is 0 Å². The fourth-order valence-corrected chi connectivity index (χ4v) is 8.39. The molecule has 0 aliphatic carbocycles. The molecule has 2 unspecified atom stereocenters. The molecule has 3 N–H and O–H groups in total. The third-order valence-corrected chi connectivity index (χ3v) is 12.5. The molecular formula is C58H107NO3. The van der Waals surface area contributed by atoms with E-state index >= 15 is 0 Å². The lowest BCUT2D eigenvalue weighted by atomic mass is 10.0. The molecule has 0 fully saturated rings. The maximum absolute atomic E-state index is 12.5. The van der Waals surface area contributed by atoms with Crippen molar-refractivity contribution < 1.29 is 15.0 Å². The van der Waals surface area contributed by atoms with Gasteiger partial charge in [0.1, 0.15) is 0 Å². The van der Waals surface area contributed by atoms with Crippen LogP contribution < -0.4 is 5.32 Å². The molecule has 0 aliphatic heterocycles. The van der Waals surface area contributed by atoms with Crippen molar-refractivity contribution in [2.75, 3.05) is 6.61 Å². The number of aliphatic hydroxyl groups is 2. The number of hydrogen-bond donors (Lipinski definition) is 3. The summed E-state index contributed by atoms with van der Waals surface area (Å²) in [5, 5.41) is 23.3. The Balaban J connectivity index is 3.49. The van der Waals surface area contributed by atoms with E-state index in [2.05, 4.69) is 79.9 Å². The van der Waals surface area contributed by atoms with E-state index in [4.69, 9.17) is 0 Å². The van der Waals surface area contributed by atoms with Crippen molar-refractivity contribution in [1.29, 1.82) is 0 Å². The van der Waals surface area contributed by atoms with E-state index in [0.717, 1.165) is 64.2 Å². The SMILES string of the molecule is CC/C=C\C/C=C\C/C=C\C/C=C\C/C=C\CCCCCCCCCC(=O)NC(CO)C(O)CCCCCCCCCCCCCCCCCCCCCCCCCCCCC. The number of rotatable bonds is 50. The second-order valence-electron chi connectivity index (χ2n) is 18.6. The van der Waals surface area contributed by atoms with Gasteiger partial charge >= 0.3 is 0 Å². The predicted molar refractivity (Wildman–Crippen MR) is 276 cm³/mol. The van der Waals surface area contributed by atoms with Crippen LogP contribution in [0.4, 0.5) is 0 Å². The van der Waals surface area contributed by atoms with Gasteiger partial charge in [0.2, 0.25) is 5.91 Å². The maximum Gasteiger partial charge on any atom is 0.220 e. The van der Waals surface area contributed by atoms with Crippen molar-refractivity contribution in [3.05, 3.63) is 60.8 Å². The minimum Gasteiger partial charge on any atom is -0.394 e. The summed E-state index contributed by atoms with van der Waals surface area (Å²) in [6, 6.07) is -0.547. The molecule has 4 heteroatoms. The van der Waals surface area contributed by atoms with Crippen LogP contribution in [0, 0.1) is 0 Å². The number of carbonyl (C=O) groups excluding carboxylic acids is 1. The summed E-state index contributed by atoms with van der Waals surface area (Å²) in [5.74, 6) is -0.0413. The van der Waals surface area contributed by atoms with E-state index in [-0.39, 0.29) is 12.5 Å². The largest absolute Gasteiger partial charge is 0.394 e. The summed E-state index contributed by atoms with van der Waals surface area (Å²) in [6.07, 6.45) is 74.8. The number of allylic oxidation sites excluding steroid dienone is 10. The Kier molecular flexibility index (Phi) is 51.8. The lowest BCUT2D eigenvalue weighted by Gasteiger charge is -2.22. The first kappa shape index (κ1) is 60.1. The molecule has 1 amide bonds. The van der Waals surface area contributed by atoms with E-state index in [0.29, 0.717) is 12.8 Å². The summed E-state index contributed by atoms with van der Waals surface area (Å²) in [5.41, 5.74) is 0. The number of amides is 1. The second-order valence-corrected chi connectivity index (χ2v) is 18.6. The van der Waals surface area contributed by atoms with Crippen LogP contribution in [0.1, 0.15) is 284 Å². The van der Waals surface area contributed by atoms with Crippen molar-refractivity contribution in [2.45, 2.75) is 296 Å². The Morgan fingerprint density at radius 3 is 1.06 bits per heavy atom. The molecule has 0 spiro atoms. The zero-order valence-electron chi connectivity index (χ0n) is 41.6. The van der Waals surface area contributed by atoms with Crippen molar-refractivity contribution in [3.8, 4) is 0 Å². The Bertz CT molecular complexity index is 1030. The van der Waals surface area contributed by atoms with Gasteiger partial charge in [-0.15, -0.1) is 0 Å². The highest BCUT2D eigenvalue weighted by Gasteiger charge is 2.20. The predicted octanol–water partition coefficient (Wildman–Crippen LogP) is 18.0. The Morgan fingerprint density at radius 2 is 0.710 bits per heavy atom. The van der Waals surface area contributed by atoms with Crippen LogP contribution in [-0.4, -0.2) is 34.9 Å². The van der Waals surface area contributed by atoms with Crippen LogP contribution in [0.5, 0.6) is 0 Å². The molecule has 0 saturated carbocycles. The van der Waals surface area contributed by atoms with Crippen LogP contribution >= 0.6 is 0 Å². The fraction of sp³-hybridized carbons (Fsp3) is 0.810. The normalized spacial score (nSPS) is 13.3. The maximum atomic E-state index is 12.5.